The summed E-state index contributed by atoms with van der Waals surface area (Å²) in [4.78, 5) is 25.3. The lowest BCUT2D eigenvalue weighted by atomic mass is 9.92. The van der Waals surface area contributed by atoms with E-state index in [-0.39, 0.29) is 16.9 Å². The first kappa shape index (κ1) is 23.8. The van der Waals surface area contributed by atoms with Crippen LogP contribution in [0, 0.1) is 15.5 Å². The molecule has 1 saturated carbocycles. The monoisotopic (exact) mass is 430 g/mol. The number of nitro benzene ring substituents is 1. The highest BCUT2D eigenvalue weighted by molar-refractivity contribution is 6.02. The number of nitrogens with one attached hydrogen (secondary N) is 2. The van der Waals surface area contributed by atoms with E-state index >= 15 is 0 Å². The minimum absolute atomic E-state index is 0.0274. The maximum Gasteiger partial charge on any atom is 0.390 e. The average Bonchev–Trinajstić information content (AvgIpc) is 3.46. The topological polar surface area (TPSA) is 87.5 Å². The zero-order valence-corrected chi connectivity index (χ0v) is 17.6. The van der Waals surface area contributed by atoms with Crippen LogP contribution >= 0.6 is 0 Å². The fourth-order valence-electron chi connectivity index (χ4n) is 3.68. The van der Waals surface area contributed by atoms with Crippen LogP contribution in [0.2, 0.25) is 0 Å². The number of piperidine rings is 1. The van der Waals surface area contributed by atoms with Gasteiger partial charge < -0.3 is 15.5 Å². The van der Waals surface area contributed by atoms with Gasteiger partial charge in [0.05, 0.1) is 22.6 Å². The number of amides is 1. The van der Waals surface area contributed by atoms with Crippen LogP contribution in [0.15, 0.2) is 12.1 Å². The van der Waals surface area contributed by atoms with E-state index in [2.05, 4.69) is 10.6 Å². The minimum atomic E-state index is -4.39. The van der Waals surface area contributed by atoms with Crippen molar-refractivity contribution < 1.29 is 22.9 Å². The van der Waals surface area contributed by atoms with Gasteiger partial charge in [-0.15, -0.1) is 0 Å². The van der Waals surface area contributed by atoms with Crippen LogP contribution in [-0.4, -0.2) is 43.7 Å². The first-order chi connectivity index (χ1) is 14.1. The van der Waals surface area contributed by atoms with Crippen LogP contribution in [-0.2, 0) is 0 Å². The van der Waals surface area contributed by atoms with Gasteiger partial charge in [0.25, 0.3) is 11.6 Å². The van der Waals surface area contributed by atoms with Gasteiger partial charge in [0.2, 0.25) is 0 Å². The van der Waals surface area contributed by atoms with E-state index in [9.17, 15) is 28.1 Å². The smallest absolute Gasteiger partial charge is 0.383 e. The second-order valence-electron chi connectivity index (χ2n) is 7.50. The Bertz CT molecular complexity index is 769. The van der Waals surface area contributed by atoms with Crippen molar-refractivity contribution in [1.82, 2.24) is 5.32 Å². The van der Waals surface area contributed by atoms with Crippen LogP contribution in [0.25, 0.3) is 0 Å². The number of halogens is 3. The Kier molecular flexibility index (Phi) is 7.54. The molecule has 1 aromatic rings. The number of alkyl halides is 3. The van der Waals surface area contributed by atoms with Crippen molar-refractivity contribution in [3.8, 4) is 0 Å². The molecule has 0 bridgehead atoms. The molecular formula is C20H29F3N4O3. The van der Waals surface area contributed by atoms with Crippen molar-refractivity contribution in [3.63, 3.8) is 0 Å². The highest BCUT2D eigenvalue weighted by atomic mass is 19.4. The number of carbonyl (C=O) groups is 1. The molecule has 1 heterocycles. The van der Waals surface area contributed by atoms with Crippen LogP contribution in [0.5, 0.6) is 0 Å². The summed E-state index contributed by atoms with van der Waals surface area (Å²) < 4.78 is 37.1. The summed E-state index contributed by atoms with van der Waals surface area (Å²) in [6.07, 6.45) is -1.18. The third-order valence-electron chi connectivity index (χ3n) is 5.64. The zero-order valence-electron chi connectivity index (χ0n) is 17.6. The molecule has 1 aliphatic carbocycles. The second kappa shape index (κ2) is 9.53. The van der Waals surface area contributed by atoms with Gasteiger partial charge in [0.1, 0.15) is 5.69 Å². The molecular weight excluding hydrogens is 401 g/mol. The molecule has 1 aromatic carbocycles. The fourth-order valence-corrected chi connectivity index (χ4v) is 3.68. The summed E-state index contributed by atoms with van der Waals surface area (Å²) in [5.74, 6) is -0.739. The molecule has 0 aromatic heterocycles. The van der Waals surface area contributed by atoms with Crippen molar-refractivity contribution in [2.24, 2.45) is 5.41 Å². The van der Waals surface area contributed by atoms with Crippen LogP contribution < -0.4 is 15.5 Å². The molecule has 1 amide bonds. The Morgan fingerprint density at radius 1 is 1.20 bits per heavy atom. The summed E-state index contributed by atoms with van der Waals surface area (Å²) in [6.45, 7) is 4.85. The maximum atomic E-state index is 12.6. The molecule has 7 nitrogen and oxygen atoms in total. The third-order valence-corrected chi connectivity index (χ3v) is 5.64. The Morgan fingerprint density at radius 3 is 2.27 bits per heavy atom. The van der Waals surface area contributed by atoms with Gasteiger partial charge in [-0.1, -0.05) is 13.8 Å². The third kappa shape index (κ3) is 5.76. The van der Waals surface area contributed by atoms with Gasteiger partial charge in [-0.25, -0.2) is 0 Å². The van der Waals surface area contributed by atoms with E-state index in [1.54, 1.807) is 13.1 Å². The molecule has 10 heteroatoms. The lowest BCUT2D eigenvalue weighted by Crippen LogP contribution is -2.36. The predicted molar refractivity (Wildman–Crippen MR) is 110 cm³/mol. The highest BCUT2D eigenvalue weighted by Gasteiger charge is 2.44. The molecule has 2 N–H and O–H groups in total. The normalized spacial score (nSPS) is 17.1. The molecule has 30 heavy (non-hydrogen) atoms. The number of nitrogens with zero attached hydrogens (tertiary/aromatic N) is 2. The van der Waals surface area contributed by atoms with E-state index in [0.29, 0.717) is 24.2 Å². The van der Waals surface area contributed by atoms with E-state index in [0.717, 1.165) is 18.9 Å². The number of anilines is 2. The van der Waals surface area contributed by atoms with E-state index < -0.39 is 30.0 Å². The number of hydrogen-bond acceptors (Lipinski definition) is 5. The van der Waals surface area contributed by atoms with Crippen molar-refractivity contribution in [1.29, 1.82) is 0 Å². The number of rotatable bonds is 6. The number of carbonyl (C=O) groups excluding carboxylic acids is 1. The van der Waals surface area contributed by atoms with E-state index in [1.807, 2.05) is 18.7 Å². The van der Waals surface area contributed by atoms with Gasteiger partial charge in [0, 0.05) is 32.7 Å². The molecule has 3 rings (SSSR count). The zero-order chi connectivity index (χ0) is 22.5. The van der Waals surface area contributed by atoms with Gasteiger partial charge in [-0.3, -0.25) is 14.9 Å². The first-order valence-corrected chi connectivity index (χ1v) is 10.2. The minimum Gasteiger partial charge on any atom is -0.383 e. The SMILES string of the molecule is CC.CNc1cc(N2CCC3(CC2)CC3)c(C(=O)NCCC(F)(F)F)cc1[N+](=O)[O-]. The quantitative estimate of drug-likeness (QED) is 0.503. The number of nitro groups is 1. The molecule has 2 fully saturated rings. The largest absolute Gasteiger partial charge is 0.390 e. The number of benzene rings is 1. The number of hydrogen-bond donors (Lipinski definition) is 2. The molecule has 1 aliphatic heterocycles. The summed E-state index contributed by atoms with van der Waals surface area (Å²) >= 11 is 0. The average molecular weight is 430 g/mol. The standard InChI is InChI=1S/C18H23F3N4O3.C2H6/c1-22-13-11-14(24-8-5-17(2-3-17)6-9-24)12(10-15(13)25(27)28)16(26)23-7-4-18(19,20)21;1-2/h10-11,22H,2-9H2,1H3,(H,23,26);1-2H3. The van der Waals surface area contributed by atoms with Crippen molar-refractivity contribution in [2.45, 2.75) is 52.1 Å². The second-order valence-corrected chi connectivity index (χ2v) is 7.50. The Morgan fingerprint density at radius 2 is 1.80 bits per heavy atom. The van der Waals surface area contributed by atoms with Crippen molar-refractivity contribution >= 4 is 23.0 Å². The maximum absolute atomic E-state index is 12.6. The molecule has 2 aliphatic rings. The van der Waals surface area contributed by atoms with Crippen molar-refractivity contribution in [3.05, 3.63) is 27.8 Å². The lowest BCUT2D eigenvalue weighted by Gasteiger charge is -2.35. The Balaban J connectivity index is 0.00000155. The molecule has 0 atom stereocenters. The Labute approximate surface area is 174 Å². The summed E-state index contributed by atoms with van der Waals surface area (Å²) in [5, 5.41) is 16.4. The van der Waals surface area contributed by atoms with Crippen LogP contribution in [0.3, 0.4) is 0 Å². The molecule has 1 spiro atoms. The lowest BCUT2D eigenvalue weighted by molar-refractivity contribution is -0.384. The van der Waals surface area contributed by atoms with Gasteiger partial charge in [-0.05, 0) is 37.2 Å². The molecule has 0 unspecified atom stereocenters. The fraction of sp³-hybridized carbons (Fsp3) is 0.650. The summed E-state index contributed by atoms with van der Waals surface area (Å²) in [7, 11) is 1.55. The molecule has 168 valence electrons. The molecule has 1 saturated heterocycles. The Hall–Kier alpha value is -2.52. The van der Waals surface area contributed by atoms with Crippen LogP contribution in [0.1, 0.15) is 56.3 Å². The predicted octanol–water partition coefficient (Wildman–Crippen LogP) is 4.73. The van der Waals surface area contributed by atoms with E-state index in [4.69, 9.17) is 0 Å². The summed E-state index contributed by atoms with van der Waals surface area (Å²) in [5.41, 5.74) is 0.911. The van der Waals surface area contributed by atoms with Gasteiger partial charge in [0.15, 0.2) is 0 Å². The highest BCUT2D eigenvalue weighted by Crippen LogP contribution is 2.54. The first-order valence-electron chi connectivity index (χ1n) is 10.2. The molecule has 0 radical (unpaired) electrons. The van der Waals surface area contributed by atoms with Gasteiger partial charge >= 0.3 is 6.18 Å². The van der Waals surface area contributed by atoms with Crippen LogP contribution in [0.4, 0.5) is 30.2 Å². The van der Waals surface area contributed by atoms with Gasteiger partial charge in [-0.2, -0.15) is 13.2 Å². The van der Waals surface area contributed by atoms with Crippen molar-refractivity contribution in [2.75, 3.05) is 36.9 Å². The van der Waals surface area contributed by atoms with E-state index in [1.165, 1.54) is 12.8 Å². The summed E-state index contributed by atoms with van der Waals surface area (Å²) in [6, 6.07) is 2.69.